The van der Waals surface area contributed by atoms with E-state index < -0.39 is 0 Å². The average molecular weight is 248 g/mol. The van der Waals surface area contributed by atoms with Crippen molar-refractivity contribution in [2.45, 2.75) is 31.1 Å². The molecule has 1 saturated carbocycles. The summed E-state index contributed by atoms with van der Waals surface area (Å²) in [4.78, 5) is 0. The number of aryl methyl sites for hydroxylation is 1. The number of aromatic nitrogens is 1. The summed E-state index contributed by atoms with van der Waals surface area (Å²) in [5, 5.41) is 4.16. The van der Waals surface area contributed by atoms with Gasteiger partial charge in [-0.2, -0.15) is 0 Å². The molecular weight excluding hydrogens is 234 g/mol. The molecule has 0 saturated heterocycles. The van der Waals surface area contributed by atoms with Crippen LogP contribution in [0.25, 0.3) is 0 Å². The topological polar surface area (TPSA) is 26.0 Å². The van der Waals surface area contributed by atoms with Crippen LogP contribution in [0.1, 0.15) is 35.4 Å². The maximum Gasteiger partial charge on any atom is 0.151 e. The fourth-order valence-corrected chi connectivity index (χ4v) is 2.42. The van der Waals surface area contributed by atoms with Gasteiger partial charge >= 0.3 is 0 Å². The van der Waals surface area contributed by atoms with Gasteiger partial charge in [0.1, 0.15) is 0 Å². The van der Waals surface area contributed by atoms with E-state index in [0.717, 1.165) is 24.3 Å². The average Bonchev–Trinajstić information content (AvgIpc) is 3.02. The first-order valence-electron chi connectivity index (χ1n) is 5.84. The summed E-state index contributed by atoms with van der Waals surface area (Å²) in [5.74, 6) is 1.14. The van der Waals surface area contributed by atoms with E-state index >= 15 is 0 Å². The molecule has 0 N–H and O–H groups in total. The van der Waals surface area contributed by atoms with Gasteiger partial charge in [-0.15, -0.1) is 11.6 Å². The molecule has 88 valence electrons. The summed E-state index contributed by atoms with van der Waals surface area (Å²) in [6, 6.07) is 10.7. The Balaban J connectivity index is 1.98. The molecule has 3 heteroatoms. The number of rotatable bonds is 3. The summed E-state index contributed by atoms with van der Waals surface area (Å²) in [7, 11) is 0. The van der Waals surface area contributed by atoms with Crippen molar-refractivity contribution < 1.29 is 4.52 Å². The molecule has 1 aliphatic rings. The Kier molecular flexibility index (Phi) is 2.48. The zero-order valence-electron chi connectivity index (χ0n) is 9.74. The van der Waals surface area contributed by atoms with Gasteiger partial charge in [0, 0.05) is 11.5 Å². The Bertz CT molecular complexity index is 525. The van der Waals surface area contributed by atoms with Gasteiger partial charge in [0.15, 0.2) is 5.76 Å². The maximum absolute atomic E-state index is 5.74. The Morgan fingerprint density at radius 3 is 2.53 bits per heavy atom. The van der Waals surface area contributed by atoms with Crippen molar-refractivity contribution in [3.63, 3.8) is 0 Å². The predicted molar refractivity (Wildman–Crippen MR) is 67.3 cm³/mol. The van der Waals surface area contributed by atoms with Crippen molar-refractivity contribution >= 4 is 11.6 Å². The first kappa shape index (κ1) is 10.8. The number of alkyl halides is 1. The second-order valence-corrected chi connectivity index (χ2v) is 5.03. The van der Waals surface area contributed by atoms with Crippen LogP contribution in [0.15, 0.2) is 34.9 Å². The molecule has 2 nitrogen and oxygen atoms in total. The van der Waals surface area contributed by atoms with Crippen LogP contribution in [0.4, 0.5) is 0 Å². The lowest BCUT2D eigenvalue weighted by Crippen LogP contribution is -2.08. The molecule has 17 heavy (non-hydrogen) atoms. The highest BCUT2D eigenvalue weighted by atomic mass is 35.5. The highest BCUT2D eigenvalue weighted by Crippen LogP contribution is 2.53. The Labute approximate surface area is 106 Å². The van der Waals surface area contributed by atoms with Crippen LogP contribution >= 0.6 is 11.6 Å². The Hall–Kier alpha value is -1.28. The van der Waals surface area contributed by atoms with E-state index in [2.05, 4.69) is 36.3 Å². The van der Waals surface area contributed by atoms with E-state index in [-0.39, 0.29) is 5.41 Å². The van der Waals surface area contributed by atoms with Crippen LogP contribution in [0.3, 0.4) is 0 Å². The van der Waals surface area contributed by atoms with E-state index in [0.29, 0.717) is 5.88 Å². The second-order valence-electron chi connectivity index (χ2n) is 4.76. The summed E-state index contributed by atoms with van der Waals surface area (Å²) in [6.45, 7) is 2.10. The lowest BCUT2D eigenvalue weighted by molar-refractivity contribution is 0.384. The number of hydrogen-bond donors (Lipinski definition) is 0. The minimum atomic E-state index is 0.0848. The lowest BCUT2D eigenvalue weighted by atomic mass is 9.92. The van der Waals surface area contributed by atoms with Crippen molar-refractivity contribution in [1.82, 2.24) is 5.16 Å². The molecule has 0 spiro atoms. The third-order valence-corrected chi connectivity index (χ3v) is 3.80. The monoisotopic (exact) mass is 247 g/mol. The van der Waals surface area contributed by atoms with Crippen LogP contribution in [-0.2, 0) is 11.3 Å². The number of benzene rings is 1. The van der Waals surface area contributed by atoms with Crippen LogP contribution in [0, 0.1) is 6.92 Å². The fourth-order valence-electron chi connectivity index (χ4n) is 2.29. The van der Waals surface area contributed by atoms with E-state index in [4.69, 9.17) is 16.1 Å². The number of nitrogens with zero attached hydrogens (tertiary/aromatic N) is 1. The summed E-state index contributed by atoms with van der Waals surface area (Å²) in [5.41, 5.74) is 3.72. The van der Waals surface area contributed by atoms with Crippen molar-refractivity contribution in [3.8, 4) is 0 Å². The minimum Gasteiger partial charge on any atom is -0.360 e. The molecule has 3 rings (SSSR count). The first-order chi connectivity index (χ1) is 8.24. The molecule has 1 aromatic carbocycles. The van der Waals surface area contributed by atoms with E-state index in [1.807, 2.05) is 6.07 Å². The zero-order valence-corrected chi connectivity index (χ0v) is 10.5. The normalized spacial score (nSPS) is 17.1. The SMILES string of the molecule is Cc1ccc(C2(c3cc(CCl)on3)CC2)cc1. The van der Waals surface area contributed by atoms with Gasteiger partial charge in [0.05, 0.1) is 11.6 Å². The fraction of sp³-hybridized carbons (Fsp3) is 0.357. The number of halogens is 1. The smallest absolute Gasteiger partial charge is 0.151 e. The van der Waals surface area contributed by atoms with Crippen LogP contribution < -0.4 is 0 Å². The quantitative estimate of drug-likeness (QED) is 0.771. The molecular formula is C14H14ClNO. The third-order valence-electron chi connectivity index (χ3n) is 3.54. The first-order valence-corrected chi connectivity index (χ1v) is 6.37. The van der Waals surface area contributed by atoms with Gasteiger partial charge in [-0.3, -0.25) is 0 Å². The van der Waals surface area contributed by atoms with E-state index in [1.165, 1.54) is 11.1 Å². The molecule has 0 bridgehead atoms. The van der Waals surface area contributed by atoms with Gasteiger partial charge in [-0.05, 0) is 25.3 Å². The molecule has 1 heterocycles. The summed E-state index contributed by atoms with van der Waals surface area (Å²) < 4.78 is 5.20. The molecule has 0 radical (unpaired) electrons. The predicted octanol–water partition coefficient (Wildman–Crippen LogP) is 3.80. The van der Waals surface area contributed by atoms with Gasteiger partial charge in [-0.25, -0.2) is 0 Å². The molecule has 0 atom stereocenters. The lowest BCUT2D eigenvalue weighted by Gasteiger charge is -2.12. The largest absolute Gasteiger partial charge is 0.360 e. The molecule has 1 fully saturated rings. The third kappa shape index (κ3) is 1.77. The van der Waals surface area contributed by atoms with Crippen molar-refractivity contribution in [2.24, 2.45) is 0 Å². The van der Waals surface area contributed by atoms with Crippen LogP contribution in [0.2, 0.25) is 0 Å². The Morgan fingerprint density at radius 1 is 1.29 bits per heavy atom. The van der Waals surface area contributed by atoms with E-state index in [9.17, 15) is 0 Å². The Morgan fingerprint density at radius 2 is 2.00 bits per heavy atom. The maximum atomic E-state index is 5.74. The zero-order chi connectivity index (χ0) is 11.9. The van der Waals surface area contributed by atoms with Gasteiger partial charge in [-0.1, -0.05) is 35.0 Å². The molecule has 1 aliphatic carbocycles. The van der Waals surface area contributed by atoms with Gasteiger partial charge in [0.2, 0.25) is 0 Å². The van der Waals surface area contributed by atoms with Crippen LogP contribution in [-0.4, -0.2) is 5.16 Å². The molecule has 2 aromatic rings. The van der Waals surface area contributed by atoms with Gasteiger partial charge < -0.3 is 4.52 Å². The molecule has 0 aliphatic heterocycles. The van der Waals surface area contributed by atoms with E-state index in [1.54, 1.807) is 0 Å². The van der Waals surface area contributed by atoms with Crippen molar-refractivity contribution in [1.29, 1.82) is 0 Å². The highest BCUT2D eigenvalue weighted by Gasteiger charge is 2.48. The highest BCUT2D eigenvalue weighted by molar-refractivity contribution is 6.16. The second kappa shape index (κ2) is 3.88. The standard InChI is InChI=1S/C14H14ClNO/c1-10-2-4-11(5-3-10)14(6-7-14)13-8-12(9-15)17-16-13/h2-5,8H,6-7,9H2,1H3. The summed E-state index contributed by atoms with van der Waals surface area (Å²) >= 11 is 5.74. The molecule has 0 unspecified atom stereocenters. The van der Waals surface area contributed by atoms with Gasteiger partial charge in [0.25, 0.3) is 0 Å². The van der Waals surface area contributed by atoms with Crippen molar-refractivity contribution in [2.75, 3.05) is 0 Å². The van der Waals surface area contributed by atoms with Crippen molar-refractivity contribution in [3.05, 3.63) is 52.9 Å². The number of hydrogen-bond acceptors (Lipinski definition) is 2. The minimum absolute atomic E-state index is 0.0848. The molecule has 0 amide bonds. The summed E-state index contributed by atoms with van der Waals surface area (Å²) in [6.07, 6.45) is 2.29. The van der Waals surface area contributed by atoms with Crippen LogP contribution in [0.5, 0.6) is 0 Å². The molecule has 1 aromatic heterocycles.